The minimum atomic E-state index is -0.394. The van der Waals surface area contributed by atoms with Crippen LogP contribution in [0, 0.1) is 25.2 Å². The smallest absolute Gasteiger partial charge is 0.319 e. The highest BCUT2D eigenvalue weighted by Gasteiger charge is 2.09. The second-order valence-electron chi connectivity index (χ2n) is 7.18. The van der Waals surface area contributed by atoms with Gasteiger partial charge in [0.2, 0.25) is 0 Å². The Balaban J connectivity index is 1.51. The van der Waals surface area contributed by atoms with Gasteiger partial charge >= 0.3 is 6.03 Å². The molecule has 0 aromatic heterocycles. The van der Waals surface area contributed by atoms with Crippen molar-refractivity contribution < 1.29 is 14.3 Å². The first kappa shape index (κ1) is 22.4. The van der Waals surface area contributed by atoms with E-state index >= 15 is 0 Å². The average Bonchev–Trinajstić information content (AvgIpc) is 2.78. The molecule has 3 aromatic rings. The summed E-state index contributed by atoms with van der Waals surface area (Å²) in [6.45, 7) is 4.62. The van der Waals surface area contributed by atoms with Crippen LogP contribution >= 0.6 is 0 Å². The number of hydrogen-bond donors (Lipinski definition) is 3. The number of ether oxygens (including phenoxy) is 1. The van der Waals surface area contributed by atoms with E-state index in [1.54, 1.807) is 48.5 Å². The number of nitriles is 1. The van der Waals surface area contributed by atoms with Crippen molar-refractivity contribution in [3.05, 3.63) is 89.0 Å². The number of carbonyl (C=O) groups is 2. The number of amides is 3. The molecule has 3 N–H and O–H groups in total. The van der Waals surface area contributed by atoms with Crippen LogP contribution in [-0.2, 0) is 0 Å². The monoisotopic (exact) mass is 428 g/mol. The summed E-state index contributed by atoms with van der Waals surface area (Å²) in [5.41, 5.74) is 3.93. The van der Waals surface area contributed by atoms with E-state index in [-0.39, 0.29) is 5.91 Å². The molecule has 7 nitrogen and oxygen atoms in total. The first-order valence-corrected chi connectivity index (χ1v) is 10.1. The Morgan fingerprint density at radius 3 is 2.28 bits per heavy atom. The third-order valence-electron chi connectivity index (χ3n) is 4.67. The third-order valence-corrected chi connectivity index (χ3v) is 4.67. The highest BCUT2D eigenvalue weighted by atomic mass is 16.5. The first-order chi connectivity index (χ1) is 15.5. The van der Waals surface area contributed by atoms with Gasteiger partial charge < -0.3 is 20.7 Å². The maximum atomic E-state index is 12.5. The van der Waals surface area contributed by atoms with E-state index in [0.717, 1.165) is 16.9 Å². The molecule has 3 amide bonds. The number of nitrogens with one attached hydrogen (secondary N) is 3. The molecule has 0 saturated carbocycles. The Bertz CT molecular complexity index is 1150. The summed E-state index contributed by atoms with van der Waals surface area (Å²) in [5.74, 6) is 0.486. The molecule has 3 rings (SSSR count). The predicted octanol–water partition coefficient (Wildman–Crippen LogP) is 4.63. The molecular formula is C25H24N4O3. The molecule has 0 unspecified atom stereocenters. The van der Waals surface area contributed by atoms with Crippen LogP contribution in [0.3, 0.4) is 0 Å². The Morgan fingerprint density at radius 1 is 0.906 bits per heavy atom. The van der Waals surface area contributed by atoms with Crippen molar-refractivity contribution in [3.8, 4) is 11.8 Å². The summed E-state index contributed by atoms with van der Waals surface area (Å²) in [5, 5.41) is 17.2. The number of carbonyl (C=O) groups excluding carboxylic acids is 2. The molecule has 0 fully saturated rings. The summed E-state index contributed by atoms with van der Waals surface area (Å²) in [7, 11) is 0. The van der Waals surface area contributed by atoms with Crippen molar-refractivity contribution in [2.24, 2.45) is 0 Å². The highest BCUT2D eigenvalue weighted by Crippen LogP contribution is 2.22. The highest BCUT2D eigenvalue weighted by molar-refractivity contribution is 6.05. The van der Waals surface area contributed by atoms with Crippen LogP contribution in [-0.4, -0.2) is 25.1 Å². The van der Waals surface area contributed by atoms with Crippen LogP contribution in [0.15, 0.2) is 66.7 Å². The predicted molar refractivity (Wildman–Crippen MR) is 124 cm³/mol. The summed E-state index contributed by atoms with van der Waals surface area (Å²) in [4.78, 5) is 24.7. The molecular weight excluding hydrogens is 404 g/mol. The molecule has 32 heavy (non-hydrogen) atoms. The van der Waals surface area contributed by atoms with Crippen molar-refractivity contribution in [1.82, 2.24) is 5.32 Å². The van der Waals surface area contributed by atoms with Crippen molar-refractivity contribution in [3.63, 3.8) is 0 Å². The lowest BCUT2D eigenvalue weighted by Gasteiger charge is -2.13. The quantitative estimate of drug-likeness (QED) is 0.478. The third kappa shape index (κ3) is 6.09. The lowest BCUT2D eigenvalue weighted by Crippen LogP contribution is -2.32. The van der Waals surface area contributed by atoms with Gasteiger partial charge in [0, 0.05) is 16.9 Å². The lowest BCUT2D eigenvalue weighted by atomic mass is 10.1. The summed E-state index contributed by atoms with van der Waals surface area (Å²) < 4.78 is 5.78. The number of rotatable bonds is 7. The zero-order valence-corrected chi connectivity index (χ0v) is 17.9. The summed E-state index contributed by atoms with van der Waals surface area (Å²) in [6, 6.07) is 20.8. The SMILES string of the molecule is Cc1cccc(C)c1OCCNC(=O)Nc1cccc(C(=O)Nc2cccc(C#N)c2)c1. The number of urea groups is 1. The van der Waals surface area contributed by atoms with Crippen LogP contribution in [0.5, 0.6) is 5.75 Å². The fourth-order valence-corrected chi connectivity index (χ4v) is 3.13. The van der Waals surface area contributed by atoms with Crippen LogP contribution in [0.25, 0.3) is 0 Å². The molecule has 0 aliphatic carbocycles. The van der Waals surface area contributed by atoms with Crippen molar-refractivity contribution in [1.29, 1.82) is 5.26 Å². The number of hydrogen-bond acceptors (Lipinski definition) is 4. The summed E-state index contributed by atoms with van der Waals surface area (Å²) in [6.07, 6.45) is 0. The van der Waals surface area contributed by atoms with Gasteiger partial charge in [0.1, 0.15) is 12.4 Å². The molecule has 0 spiro atoms. The molecule has 0 radical (unpaired) electrons. The zero-order chi connectivity index (χ0) is 22.9. The molecule has 3 aromatic carbocycles. The van der Waals surface area contributed by atoms with Gasteiger partial charge in [0.05, 0.1) is 18.2 Å². The molecule has 0 bridgehead atoms. The largest absolute Gasteiger partial charge is 0.491 e. The number of anilines is 2. The standard InChI is InChI=1S/C25H24N4O3/c1-17-6-3-7-18(2)23(17)32-13-12-27-25(31)29-22-11-5-9-20(15-22)24(30)28-21-10-4-8-19(14-21)16-26/h3-11,14-15H,12-13H2,1-2H3,(H,28,30)(H2,27,29,31). The van der Waals surface area contributed by atoms with Crippen LogP contribution in [0.2, 0.25) is 0 Å². The minimum absolute atomic E-state index is 0.328. The fourth-order valence-electron chi connectivity index (χ4n) is 3.13. The van der Waals surface area contributed by atoms with Crippen LogP contribution in [0.1, 0.15) is 27.0 Å². The van der Waals surface area contributed by atoms with E-state index in [9.17, 15) is 9.59 Å². The topological polar surface area (TPSA) is 103 Å². The maximum Gasteiger partial charge on any atom is 0.319 e. The second-order valence-corrected chi connectivity index (χ2v) is 7.18. The normalized spacial score (nSPS) is 10.0. The van der Waals surface area contributed by atoms with Gasteiger partial charge in [-0.05, 0) is 61.4 Å². The maximum absolute atomic E-state index is 12.5. The van der Waals surface area contributed by atoms with E-state index in [0.29, 0.717) is 35.7 Å². The summed E-state index contributed by atoms with van der Waals surface area (Å²) >= 11 is 0. The zero-order valence-electron chi connectivity index (χ0n) is 17.9. The average molecular weight is 428 g/mol. The van der Waals surface area contributed by atoms with Crippen molar-refractivity contribution >= 4 is 23.3 Å². The van der Waals surface area contributed by atoms with Gasteiger partial charge in [0.25, 0.3) is 5.91 Å². The number of benzene rings is 3. The van der Waals surface area contributed by atoms with E-state index in [4.69, 9.17) is 10.00 Å². The Hall–Kier alpha value is -4.31. The molecule has 0 aliphatic heterocycles. The molecule has 0 saturated heterocycles. The van der Waals surface area contributed by atoms with E-state index in [1.807, 2.05) is 38.1 Å². The molecule has 7 heteroatoms. The molecule has 0 aliphatic rings. The Morgan fingerprint density at radius 2 is 1.56 bits per heavy atom. The minimum Gasteiger partial charge on any atom is -0.491 e. The van der Waals surface area contributed by atoms with E-state index in [2.05, 4.69) is 16.0 Å². The molecule has 162 valence electrons. The number of para-hydroxylation sites is 1. The van der Waals surface area contributed by atoms with Gasteiger partial charge in [-0.25, -0.2) is 4.79 Å². The lowest BCUT2D eigenvalue weighted by molar-refractivity contribution is 0.102. The van der Waals surface area contributed by atoms with E-state index in [1.165, 1.54) is 0 Å². The fraction of sp³-hybridized carbons (Fsp3) is 0.160. The van der Waals surface area contributed by atoms with Crippen molar-refractivity contribution in [2.75, 3.05) is 23.8 Å². The molecule has 0 atom stereocenters. The molecule has 0 heterocycles. The number of aryl methyl sites for hydroxylation is 2. The van der Waals surface area contributed by atoms with Gasteiger partial charge in [-0.1, -0.05) is 30.3 Å². The Kier molecular flexibility index (Phi) is 7.44. The van der Waals surface area contributed by atoms with Gasteiger partial charge in [-0.2, -0.15) is 5.26 Å². The van der Waals surface area contributed by atoms with Crippen LogP contribution < -0.4 is 20.7 Å². The van der Waals surface area contributed by atoms with E-state index < -0.39 is 6.03 Å². The Labute approximate surface area is 187 Å². The van der Waals surface area contributed by atoms with Gasteiger partial charge in [-0.15, -0.1) is 0 Å². The second kappa shape index (κ2) is 10.6. The number of nitrogens with zero attached hydrogens (tertiary/aromatic N) is 1. The van der Waals surface area contributed by atoms with Gasteiger partial charge in [-0.3, -0.25) is 4.79 Å². The van der Waals surface area contributed by atoms with Crippen LogP contribution in [0.4, 0.5) is 16.2 Å². The van der Waals surface area contributed by atoms with Gasteiger partial charge in [0.15, 0.2) is 0 Å². The first-order valence-electron chi connectivity index (χ1n) is 10.1. The van der Waals surface area contributed by atoms with Crippen molar-refractivity contribution in [2.45, 2.75) is 13.8 Å².